The first-order chi connectivity index (χ1) is 11.3. The Morgan fingerprint density at radius 2 is 1.88 bits per heavy atom. The number of nitrogens with one attached hydrogen (secondary N) is 1. The molecule has 1 N–H and O–H groups in total. The number of alkyl halides is 3. The van der Waals surface area contributed by atoms with Crippen LogP contribution in [0.5, 0.6) is 0 Å². The second-order valence-corrected chi connectivity index (χ2v) is 5.82. The highest BCUT2D eigenvalue weighted by Gasteiger charge is 2.30. The standard InChI is InChI=1S/C17H17F3N4/c1-11(2)24-9-3-4-12-10-21-16(23-15(12)24)22-14-7-5-13(6-8-14)17(18,19)20/h3-8,10-11H,9H2,1-2H3,(H,21,22,23). The maximum Gasteiger partial charge on any atom is 0.416 e. The third kappa shape index (κ3) is 3.34. The molecule has 0 unspecified atom stereocenters. The number of rotatable bonds is 3. The molecule has 0 amide bonds. The van der Waals surface area contributed by atoms with Crippen LogP contribution >= 0.6 is 0 Å². The first kappa shape index (κ1) is 16.3. The van der Waals surface area contributed by atoms with E-state index in [0.29, 0.717) is 11.6 Å². The minimum atomic E-state index is -4.34. The van der Waals surface area contributed by atoms with Gasteiger partial charge in [-0.1, -0.05) is 12.2 Å². The van der Waals surface area contributed by atoms with Gasteiger partial charge in [0.25, 0.3) is 0 Å². The smallest absolute Gasteiger partial charge is 0.350 e. The van der Waals surface area contributed by atoms with Crippen LogP contribution < -0.4 is 10.2 Å². The van der Waals surface area contributed by atoms with Crippen LogP contribution in [0.15, 0.2) is 36.5 Å². The summed E-state index contributed by atoms with van der Waals surface area (Å²) in [6.07, 6.45) is 1.38. The minimum absolute atomic E-state index is 0.280. The largest absolute Gasteiger partial charge is 0.416 e. The molecule has 0 saturated carbocycles. The Hall–Kier alpha value is -2.57. The Balaban J connectivity index is 1.84. The van der Waals surface area contributed by atoms with Crippen LogP contribution in [0.1, 0.15) is 25.0 Å². The zero-order valence-electron chi connectivity index (χ0n) is 13.3. The number of hydrogen-bond donors (Lipinski definition) is 1. The van der Waals surface area contributed by atoms with Crippen molar-refractivity contribution in [2.75, 3.05) is 16.8 Å². The molecule has 126 valence electrons. The average Bonchev–Trinajstić information content (AvgIpc) is 2.53. The first-order valence-corrected chi connectivity index (χ1v) is 7.59. The lowest BCUT2D eigenvalue weighted by Crippen LogP contribution is -2.33. The predicted molar refractivity (Wildman–Crippen MR) is 88.3 cm³/mol. The van der Waals surface area contributed by atoms with E-state index in [9.17, 15) is 13.2 Å². The van der Waals surface area contributed by atoms with E-state index in [-0.39, 0.29) is 6.04 Å². The average molecular weight is 334 g/mol. The van der Waals surface area contributed by atoms with Crippen molar-refractivity contribution in [3.05, 3.63) is 47.7 Å². The molecular formula is C17H17F3N4. The van der Waals surface area contributed by atoms with Gasteiger partial charge in [-0.2, -0.15) is 18.2 Å². The molecule has 0 spiro atoms. The van der Waals surface area contributed by atoms with Crippen molar-refractivity contribution in [2.45, 2.75) is 26.1 Å². The van der Waals surface area contributed by atoms with Crippen molar-refractivity contribution < 1.29 is 13.2 Å². The van der Waals surface area contributed by atoms with Crippen molar-refractivity contribution in [3.8, 4) is 0 Å². The zero-order valence-corrected chi connectivity index (χ0v) is 13.3. The van der Waals surface area contributed by atoms with Crippen molar-refractivity contribution in [1.29, 1.82) is 0 Å². The molecule has 0 aliphatic carbocycles. The van der Waals surface area contributed by atoms with Crippen LogP contribution in [0.2, 0.25) is 0 Å². The van der Waals surface area contributed by atoms with Gasteiger partial charge in [-0.05, 0) is 38.1 Å². The van der Waals surface area contributed by atoms with Gasteiger partial charge >= 0.3 is 6.18 Å². The summed E-state index contributed by atoms with van der Waals surface area (Å²) in [5, 5.41) is 2.95. The molecule has 1 aromatic heterocycles. The molecular weight excluding hydrogens is 317 g/mol. The van der Waals surface area contributed by atoms with Gasteiger partial charge in [0.05, 0.1) is 5.56 Å². The summed E-state index contributed by atoms with van der Waals surface area (Å²) in [6.45, 7) is 4.92. The highest BCUT2D eigenvalue weighted by molar-refractivity contribution is 5.69. The third-order valence-electron chi connectivity index (χ3n) is 3.76. The van der Waals surface area contributed by atoms with Crippen LogP contribution in [-0.4, -0.2) is 22.6 Å². The van der Waals surface area contributed by atoms with Gasteiger partial charge in [-0.25, -0.2) is 4.98 Å². The summed E-state index contributed by atoms with van der Waals surface area (Å²) in [5.74, 6) is 1.17. The van der Waals surface area contributed by atoms with E-state index in [1.807, 2.05) is 6.08 Å². The van der Waals surface area contributed by atoms with Crippen molar-refractivity contribution in [1.82, 2.24) is 9.97 Å². The Bertz CT molecular complexity index is 751. The van der Waals surface area contributed by atoms with Crippen LogP contribution in [0, 0.1) is 0 Å². The van der Waals surface area contributed by atoms with Crippen molar-refractivity contribution in [2.24, 2.45) is 0 Å². The molecule has 1 aliphatic rings. The summed E-state index contributed by atoms with van der Waals surface area (Å²) in [6, 6.07) is 5.08. The molecule has 0 saturated heterocycles. The van der Waals surface area contributed by atoms with Gasteiger partial charge in [0, 0.05) is 30.0 Å². The van der Waals surface area contributed by atoms with E-state index in [2.05, 4.69) is 40.1 Å². The molecule has 0 bridgehead atoms. The SMILES string of the molecule is CC(C)N1CC=Cc2cnc(Nc3ccc(C(F)(F)F)cc3)nc21. The Kier molecular flexibility index (Phi) is 4.17. The molecule has 2 heterocycles. The molecule has 0 atom stereocenters. The van der Waals surface area contributed by atoms with Crippen molar-refractivity contribution >= 4 is 23.5 Å². The third-order valence-corrected chi connectivity index (χ3v) is 3.76. The van der Waals surface area contributed by atoms with E-state index >= 15 is 0 Å². The van der Waals surface area contributed by atoms with Gasteiger partial charge in [-0.3, -0.25) is 0 Å². The zero-order chi connectivity index (χ0) is 17.3. The maximum atomic E-state index is 12.6. The Morgan fingerprint density at radius 3 is 2.50 bits per heavy atom. The van der Waals surface area contributed by atoms with E-state index in [1.165, 1.54) is 12.1 Å². The lowest BCUT2D eigenvalue weighted by Gasteiger charge is -2.30. The summed E-state index contributed by atoms with van der Waals surface area (Å²) in [7, 11) is 0. The predicted octanol–water partition coefficient (Wildman–Crippen LogP) is 4.48. The fourth-order valence-electron chi connectivity index (χ4n) is 2.50. The highest BCUT2D eigenvalue weighted by atomic mass is 19.4. The van der Waals surface area contributed by atoms with Gasteiger partial charge in [0.15, 0.2) is 0 Å². The monoisotopic (exact) mass is 334 g/mol. The fraction of sp³-hybridized carbons (Fsp3) is 0.294. The molecule has 4 nitrogen and oxygen atoms in total. The van der Waals surface area contributed by atoms with Crippen LogP contribution in [0.4, 0.5) is 30.6 Å². The van der Waals surface area contributed by atoms with Gasteiger partial charge in [0.1, 0.15) is 5.82 Å². The number of halogens is 3. The van der Waals surface area contributed by atoms with Crippen molar-refractivity contribution in [3.63, 3.8) is 0 Å². The number of aromatic nitrogens is 2. The normalized spacial score (nSPS) is 14.0. The molecule has 3 rings (SSSR count). The summed E-state index contributed by atoms with van der Waals surface area (Å²) >= 11 is 0. The Morgan fingerprint density at radius 1 is 1.17 bits per heavy atom. The molecule has 1 aromatic carbocycles. The second kappa shape index (κ2) is 6.14. The van der Waals surface area contributed by atoms with E-state index < -0.39 is 11.7 Å². The summed E-state index contributed by atoms with van der Waals surface area (Å²) in [4.78, 5) is 10.9. The highest BCUT2D eigenvalue weighted by Crippen LogP contribution is 2.31. The number of fused-ring (bicyclic) bond motifs is 1. The van der Waals surface area contributed by atoms with Crippen LogP contribution in [0.3, 0.4) is 0 Å². The van der Waals surface area contributed by atoms with Gasteiger partial charge in [0.2, 0.25) is 5.95 Å². The lowest BCUT2D eigenvalue weighted by atomic mass is 10.1. The molecule has 2 aromatic rings. The molecule has 7 heteroatoms. The van der Waals surface area contributed by atoms with E-state index in [1.54, 1.807) is 6.20 Å². The van der Waals surface area contributed by atoms with E-state index in [4.69, 9.17) is 0 Å². The van der Waals surface area contributed by atoms with E-state index in [0.717, 1.165) is 30.1 Å². The van der Waals surface area contributed by atoms with Crippen LogP contribution in [0.25, 0.3) is 6.08 Å². The van der Waals surface area contributed by atoms with Gasteiger partial charge in [-0.15, -0.1) is 0 Å². The summed E-state index contributed by atoms with van der Waals surface area (Å²) < 4.78 is 37.8. The van der Waals surface area contributed by atoms with Gasteiger partial charge < -0.3 is 10.2 Å². The molecule has 0 fully saturated rings. The minimum Gasteiger partial charge on any atom is -0.350 e. The molecule has 24 heavy (non-hydrogen) atoms. The second-order valence-electron chi connectivity index (χ2n) is 5.82. The number of hydrogen-bond acceptors (Lipinski definition) is 4. The first-order valence-electron chi connectivity index (χ1n) is 7.59. The molecule has 0 radical (unpaired) electrons. The topological polar surface area (TPSA) is 41.1 Å². The molecule has 1 aliphatic heterocycles. The number of nitrogens with zero attached hydrogens (tertiary/aromatic N) is 3. The summed E-state index contributed by atoms with van der Waals surface area (Å²) in [5.41, 5.74) is 0.744. The van der Waals surface area contributed by atoms with Crippen LogP contribution in [-0.2, 0) is 6.18 Å². The quantitative estimate of drug-likeness (QED) is 0.898. The fourth-order valence-corrected chi connectivity index (χ4v) is 2.50. The lowest BCUT2D eigenvalue weighted by molar-refractivity contribution is -0.137. The number of anilines is 3. The number of benzene rings is 1. The maximum absolute atomic E-state index is 12.6. The Labute approximate surface area is 138 Å².